The van der Waals surface area contributed by atoms with Gasteiger partial charge >= 0.3 is 0 Å². The lowest BCUT2D eigenvalue weighted by atomic mass is 9.93. The van der Waals surface area contributed by atoms with Crippen LogP contribution in [0.3, 0.4) is 0 Å². The monoisotopic (exact) mass is 364 g/mol. The molecule has 0 N–H and O–H groups in total. The Morgan fingerprint density at radius 2 is 1.85 bits per heavy atom. The number of aryl methyl sites for hydroxylation is 2. The van der Waals surface area contributed by atoms with Crippen LogP contribution in [0.4, 0.5) is 5.82 Å². The third kappa shape index (κ3) is 3.43. The van der Waals surface area contributed by atoms with E-state index in [1.54, 1.807) is 0 Å². The number of benzene rings is 1. The molecule has 1 aromatic carbocycles. The molecule has 0 aliphatic carbocycles. The Bertz CT molecular complexity index is 836. The highest BCUT2D eigenvalue weighted by molar-refractivity contribution is 5.81. The number of hydrogen-bond donors (Lipinski definition) is 0. The Morgan fingerprint density at radius 3 is 2.59 bits per heavy atom. The van der Waals surface area contributed by atoms with Crippen molar-refractivity contribution < 1.29 is 4.79 Å². The van der Waals surface area contributed by atoms with E-state index in [0.717, 1.165) is 49.7 Å². The quantitative estimate of drug-likeness (QED) is 0.835. The molecule has 1 aromatic heterocycles. The highest BCUT2D eigenvalue weighted by atomic mass is 16.2. The molecule has 0 unspecified atom stereocenters. The minimum absolute atomic E-state index is 0.0627. The Kier molecular flexibility index (Phi) is 4.85. The summed E-state index contributed by atoms with van der Waals surface area (Å²) in [6, 6.07) is 10.6. The van der Waals surface area contributed by atoms with E-state index >= 15 is 0 Å². The van der Waals surface area contributed by atoms with Crippen molar-refractivity contribution in [2.45, 2.75) is 52.6 Å². The number of anilines is 1. The molecule has 5 heteroatoms. The van der Waals surface area contributed by atoms with Gasteiger partial charge < -0.3 is 9.80 Å². The number of fused-ring (bicyclic) bond motifs is 4. The van der Waals surface area contributed by atoms with Gasteiger partial charge in [-0.15, -0.1) is 0 Å². The third-order valence-electron chi connectivity index (χ3n) is 5.95. The number of hydrogen-bond acceptors (Lipinski definition) is 4. The van der Waals surface area contributed by atoms with Gasteiger partial charge in [-0.25, -0.2) is 9.97 Å². The second kappa shape index (κ2) is 7.29. The van der Waals surface area contributed by atoms with E-state index < -0.39 is 0 Å². The van der Waals surface area contributed by atoms with Gasteiger partial charge in [0, 0.05) is 36.9 Å². The molecule has 1 amide bonds. The number of amides is 1. The number of piperidine rings is 1. The van der Waals surface area contributed by atoms with E-state index in [0.29, 0.717) is 12.5 Å². The summed E-state index contributed by atoms with van der Waals surface area (Å²) in [5, 5.41) is 0. The van der Waals surface area contributed by atoms with E-state index in [1.807, 2.05) is 25.1 Å². The smallest absolute Gasteiger partial charge is 0.228 e. The van der Waals surface area contributed by atoms with E-state index in [9.17, 15) is 4.79 Å². The van der Waals surface area contributed by atoms with Crippen LogP contribution in [0.15, 0.2) is 30.3 Å². The predicted molar refractivity (Wildman–Crippen MR) is 107 cm³/mol. The van der Waals surface area contributed by atoms with E-state index in [2.05, 4.69) is 40.8 Å². The van der Waals surface area contributed by atoms with Gasteiger partial charge in [-0.05, 0) is 38.7 Å². The van der Waals surface area contributed by atoms with Crippen molar-refractivity contribution in [1.29, 1.82) is 0 Å². The van der Waals surface area contributed by atoms with Gasteiger partial charge in [0.2, 0.25) is 5.91 Å². The maximum atomic E-state index is 13.1. The topological polar surface area (TPSA) is 49.3 Å². The Morgan fingerprint density at radius 1 is 1.07 bits per heavy atom. The molecule has 0 saturated carbocycles. The zero-order chi connectivity index (χ0) is 19.0. The van der Waals surface area contributed by atoms with Crippen molar-refractivity contribution >= 4 is 11.7 Å². The number of carbonyl (C=O) groups is 1. The molecule has 4 heterocycles. The van der Waals surface area contributed by atoms with E-state index in [-0.39, 0.29) is 12.0 Å². The summed E-state index contributed by atoms with van der Waals surface area (Å²) >= 11 is 0. The molecule has 27 heavy (non-hydrogen) atoms. The lowest BCUT2D eigenvalue weighted by molar-refractivity contribution is -0.140. The first-order chi connectivity index (χ1) is 13.1. The maximum absolute atomic E-state index is 13.1. The molecule has 3 aliphatic heterocycles. The van der Waals surface area contributed by atoms with E-state index in [4.69, 9.17) is 4.98 Å². The van der Waals surface area contributed by atoms with E-state index in [1.165, 1.54) is 11.1 Å². The average Bonchev–Trinajstić information content (AvgIpc) is 2.95. The minimum Gasteiger partial charge on any atom is -0.353 e. The molecule has 3 fully saturated rings. The van der Waals surface area contributed by atoms with Crippen LogP contribution >= 0.6 is 0 Å². The molecule has 2 atom stereocenters. The molecule has 2 bridgehead atoms. The van der Waals surface area contributed by atoms with Crippen LogP contribution in [0.1, 0.15) is 42.4 Å². The van der Waals surface area contributed by atoms with Gasteiger partial charge in [-0.3, -0.25) is 4.79 Å². The Balaban J connectivity index is 1.64. The van der Waals surface area contributed by atoms with Crippen LogP contribution in [-0.4, -0.2) is 39.9 Å². The van der Waals surface area contributed by atoms with Crippen molar-refractivity contribution in [2.24, 2.45) is 5.92 Å². The highest BCUT2D eigenvalue weighted by Gasteiger charge is 2.41. The van der Waals surface area contributed by atoms with Crippen LogP contribution in [-0.2, 0) is 17.8 Å². The van der Waals surface area contributed by atoms with Crippen LogP contribution in [0, 0.1) is 19.8 Å². The molecular formula is C22H28N4O. The number of rotatable bonds is 4. The lowest BCUT2D eigenvalue weighted by Crippen LogP contribution is -2.47. The molecule has 5 rings (SSSR count). The summed E-state index contributed by atoms with van der Waals surface area (Å²) in [7, 11) is 0. The summed E-state index contributed by atoms with van der Waals surface area (Å²) in [5.74, 6) is 2.21. The van der Waals surface area contributed by atoms with Crippen molar-refractivity contribution in [3.63, 3.8) is 0 Å². The first kappa shape index (κ1) is 18.0. The minimum atomic E-state index is 0.0627. The van der Waals surface area contributed by atoms with Gasteiger partial charge in [0.25, 0.3) is 0 Å². The fraction of sp³-hybridized carbons (Fsp3) is 0.500. The van der Waals surface area contributed by atoms with Crippen molar-refractivity contribution in [3.8, 4) is 0 Å². The van der Waals surface area contributed by atoms with Crippen LogP contribution in [0.2, 0.25) is 0 Å². The number of nitrogens with zero attached hydrogens (tertiary/aromatic N) is 4. The van der Waals surface area contributed by atoms with Crippen LogP contribution in [0.5, 0.6) is 0 Å². The predicted octanol–water partition coefficient (Wildman–Crippen LogP) is 3.28. The first-order valence-electron chi connectivity index (χ1n) is 10.00. The second-order valence-electron chi connectivity index (χ2n) is 7.80. The molecule has 3 aliphatic rings. The van der Waals surface area contributed by atoms with Gasteiger partial charge in [-0.2, -0.15) is 0 Å². The molecule has 3 saturated heterocycles. The summed E-state index contributed by atoms with van der Waals surface area (Å²) in [4.78, 5) is 26.9. The van der Waals surface area contributed by atoms with Gasteiger partial charge in [0.1, 0.15) is 11.6 Å². The Hall–Kier alpha value is -2.43. The van der Waals surface area contributed by atoms with Crippen molar-refractivity contribution in [1.82, 2.24) is 14.9 Å². The molecule has 5 nitrogen and oxygen atoms in total. The lowest BCUT2D eigenvalue weighted by Gasteiger charge is -2.36. The molecular weight excluding hydrogens is 336 g/mol. The fourth-order valence-electron chi connectivity index (χ4n) is 4.59. The first-order valence-corrected chi connectivity index (χ1v) is 10.00. The van der Waals surface area contributed by atoms with Gasteiger partial charge in [0.15, 0.2) is 0 Å². The zero-order valence-corrected chi connectivity index (χ0v) is 16.5. The van der Waals surface area contributed by atoms with Crippen LogP contribution < -0.4 is 4.90 Å². The molecule has 2 aromatic rings. The van der Waals surface area contributed by atoms with Crippen molar-refractivity contribution in [2.75, 3.05) is 18.0 Å². The maximum Gasteiger partial charge on any atom is 0.228 e. The second-order valence-corrected chi connectivity index (χ2v) is 7.80. The van der Waals surface area contributed by atoms with Gasteiger partial charge in [0.05, 0.1) is 5.92 Å². The van der Waals surface area contributed by atoms with Crippen LogP contribution in [0.25, 0.3) is 0 Å². The summed E-state index contributed by atoms with van der Waals surface area (Å²) in [5.41, 5.74) is 3.47. The van der Waals surface area contributed by atoms with Crippen molar-refractivity contribution in [3.05, 3.63) is 53.0 Å². The number of aromatic nitrogens is 2. The standard InChI is InChI=1S/C22H28N4O/c1-4-20-15(2)23-16(3)24-21(20)25-13-18-10-11-19(14-25)26(22(18)27)12-17-8-6-5-7-9-17/h5-9,18-19H,4,10-14H2,1-3H3/t18-,19+/m0/s1. The normalized spacial score (nSPS) is 22.3. The summed E-state index contributed by atoms with van der Waals surface area (Å²) in [6.45, 7) is 8.51. The largest absolute Gasteiger partial charge is 0.353 e. The summed E-state index contributed by atoms with van der Waals surface area (Å²) < 4.78 is 0. The zero-order valence-electron chi connectivity index (χ0n) is 16.5. The highest BCUT2D eigenvalue weighted by Crippen LogP contribution is 2.33. The average molecular weight is 364 g/mol. The molecule has 0 spiro atoms. The number of carbonyl (C=O) groups excluding carboxylic acids is 1. The Labute approximate surface area is 161 Å². The summed E-state index contributed by atoms with van der Waals surface area (Å²) in [6.07, 6.45) is 2.97. The molecule has 142 valence electrons. The SMILES string of the molecule is CCc1c(C)nc(C)nc1N1C[C@@H]2CC[C@H](C1)N(Cc1ccccc1)C2=O. The van der Waals surface area contributed by atoms with Gasteiger partial charge in [-0.1, -0.05) is 37.3 Å². The fourth-order valence-corrected chi connectivity index (χ4v) is 4.59. The third-order valence-corrected chi connectivity index (χ3v) is 5.95. The molecule has 0 radical (unpaired) electrons.